The van der Waals surface area contributed by atoms with Gasteiger partial charge in [0.2, 0.25) is 0 Å². The van der Waals surface area contributed by atoms with Gasteiger partial charge >= 0.3 is 0 Å². The largest absolute Gasteiger partial charge is 0.488 e. The van der Waals surface area contributed by atoms with E-state index in [-0.39, 0.29) is 0 Å². The van der Waals surface area contributed by atoms with Crippen LogP contribution < -0.4 is 15.4 Å². The van der Waals surface area contributed by atoms with Gasteiger partial charge in [-0.15, -0.1) is 0 Å². The molecule has 2 N–H and O–H groups in total. The van der Waals surface area contributed by atoms with Crippen LogP contribution in [-0.2, 0) is 0 Å². The van der Waals surface area contributed by atoms with E-state index in [1.807, 2.05) is 18.2 Å². The van der Waals surface area contributed by atoms with Crippen LogP contribution in [0.25, 0.3) is 0 Å². The van der Waals surface area contributed by atoms with Gasteiger partial charge in [0.15, 0.2) is 5.75 Å². The molecule has 1 aromatic rings. The van der Waals surface area contributed by atoms with Crippen molar-refractivity contribution in [3.8, 4) is 5.75 Å². The van der Waals surface area contributed by atoms with Crippen molar-refractivity contribution in [1.82, 2.24) is 10.2 Å². The van der Waals surface area contributed by atoms with Crippen molar-refractivity contribution in [3.05, 3.63) is 23.2 Å². The maximum absolute atomic E-state index is 6.12. The van der Waals surface area contributed by atoms with Gasteiger partial charge in [-0.05, 0) is 31.6 Å². The number of hydrogen-bond acceptors (Lipinski definition) is 4. The van der Waals surface area contributed by atoms with Gasteiger partial charge in [0.05, 0.1) is 16.8 Å². The molecule has 2 heterocycles. The van der Waals surface area contributed by atoms with E-state index in [1.165, 1.54) is 6.42 Å². The minimum Gasteiger partial charge on any atom is -0.488 e. The van der Waals surface area contributed by atoms with Crippen LogP contribution in [0, 0.1) is 0 Å². The van der Waals surface area contributed by atoms with Crippen LogP contribution in [-0.4, -0.2) is 50.3 Å². The van der Waals surface area contributed by atoms with E-state index in [0.29, 0.717) is 17.7 Å². The Balaban J connectivity index is 1.62. The summed E-state index contributed by atoms with van der Waals surface area (Å²) in [6.45, 7) is 6.18. The first kappa shape index (κ1) is 13.0. The molecule has 0 radical (unpaired) electrons. The molecule has 2 aliphatic rings. The van der Waals surface area contributed by atoms with Gasteiger partial charge in [-0.1, -0.05) is 17.7 Å². The van der Waals surface area contributed by atoms with Crippen LogP contribution in [0.3, 0.4) is 0 Å². The second-order valence-corrected chi connectivity index (χ2v) is 5.58. The molecule has 1 atom stereocenters. The van der Waals surface area contributed by atoms with Gasteiger partial charge < -0.3 is 15.4 Å². The molecule has 0 saturated carbocycles. The van der Waals surface area contributed by atoms with Crippen LogP contribution in [0.2, 0.25) is 5.02 Å². The van der Waals surface area contributed by atoms with E-state index in [0.717, 1.165) is 44.2 Å². The third kappa shape index (κ3) is 3.14. The first-order valence-electron chi connectivity index (χ1n) is 6.94. The van der Waals surface area contributed by atoms with Crippen LogP contribution in [0.1, 0.15) is 6.42 Å². The smallest absolute Gasteiger partial charge is 0.161 e. The van der Waals surface area contributed by atoms with Crippen molar-refractivity contribution in [3.63, 3.8) is 0 Å². The van der Waals surface area contributed by atoms with Gasteiger partial charge in [0.25, 0.3) is 0 Å². The molecule has 2 aliphatic heterocycles. The molecule has 0 bridgehead atoms. The highest BCUT2D eigenvalue weighted by Gasteiger charge is 2.23. The second-order valence-electron chi connectivity index (χ2n) is 5.17. The molecule has 104 valence electrons. The van der Waals surface area contributed by atoms with Crippen molar-refractivity contribution in [2.24, 2.45) is 0 Å². The van der Waals surface area contributed by atoms with Crippen molar-refractivity contribution >= 4 is 17.3 Å². The number of halogens is 1. The molecule has 4 nitrogen and oxygen atoms in total. The lowest BCUT2D eigenvalue weighted by molar-refractivity contribution is 0.220. The number of fused-ring (bicyclic) bond motifs is 1. The van der Waals surface area contributed by atoms with Gasteiger partial charge in [0, 0.05) is 19.6 Å². The van der Waals surface area contributed by atoms with Crippen LogP contribution in [0.15, 0.2) is 18.2 Å². The lowest BCUT2D eigenvalue weighted by Crippen LogP contribution is -2.43. The molecular formula is C14H20ClN3O. The zero-order chi connectivity index (χ0) is 13.1. The molecule has 5 heteroatoms. The second kappa shape index (κ2) is 5.99. The molecule has 1 unspecified atom stereocenters. The maximum Gasteiger partial charge on any atom is 0.161 e. The minimum absolute atomic E-state index is 0.337. The topological polar surface area (TPSA) is 36.5 Å². The third-order valence-corrected chi connectivity index (χ3v) is 3.96. The van der Waals surface area contributed by atoms with Gasteiger partial charge in [-0.2, -0.15) is 0 Å². The summed E-state index contributed by atoms with van der Waals surface area (Å²) in [5.41, 5.74) is 1.01. The van der Waals surface area contributed by atoms with Gasteiger partial charge in [0.1, 0.15) is 6.61 Å². The highest BCUT2D eigenvalue weighted by molar-refractivity contribution is 6.32. The molecule has 0 spiro atoms. The van der Waals surface area contributed by atoms with E-state index in [2.05, 4.69) is 15.5 Å². The molecule has 0 aromatic heterocycles. The van der Waals surface area contributed by atoms with Crippen molar-refractivity contribution < 1.29 is 4.74 Å². The average molecular weight is 282 g/mol. The predicted octanol–water partition coefficient (Wildman–Crippen LogP) is 1.81. The Morgan fingerprint density at radius 3 is 3.21 bits per heavy atom. The number of anilines is 1. The fourth-order valence-corrected chi connectivity index (χ4v) is 2.94. The zero-order valence-corrected chi connectivity index (χ0v) is 11.7. The number of hydrogen-bond donors (Lipinski definition) is 2. The summed E-state index contributed by atoms with van der Waals surface area (Å²) in [5.74, 6) is 0.790. The summed E-state index contributed by atoms with van der Waals surface area (Å²) >= 11 is 6.12. The minimum atomic E-state index is 0.337. The van der Waals surface area contributed by atoms with Crippen LogP contribution in [0.5, 0.6) is 5.75 Å². The number of ether oxygens (including phenoxy) is 1. The average Bonchev–Trinajstić information content (AvgIpc) is 2.68. The van der Waals surface area contributed by atoms with E-state index >= 15 is 0 Å². The maximum atomic E-state index is 6.12. The van der Waals surface area contributed by atoms with E-state index in [1.54, 1.807) is 0 Å². The molecule has 0 aliphatic carbocycles. The highest BCUT2D eigenvalue weighted by atomic mass is 35.5. The Kier molecular flexibility index (Phi) is 4.11. The Labute approximate surface area is 119 Å². The van der Waals surface area contributed by atoms with E-state index in [9.17, 15) is 0 Å². The van der Waals surface area contributed by atoms with E-state index < -0.39 is 0 Å². The number of nitrogens with zero attached hydrogens (tertiary/aromatic N) is 1. The highest BCUT2D eigenvalue weighted by Crippen LogP contribution is 2.35. The molecule has 1 aromatic carbocycles. The first-order valence-corrected chi connectivity index (χ1v) is 7.31. The van der Waals surface area contributed by atoms with Crippen LogP contribution in [0.4, 0.5) is 5.69 Å². The Bertz CT molecular complexity index is 433. The molecule has 19 heavy (non-hydrogen) atoms. The predicted molar refractivity (Wildman–Crippen MR) is 78.3 cm³/mol. The number of benzene rings is 1. The molecule has 3 rings (SSSR count). The van der Waals surface area contributed by atoms with E-state index in [4.69, 9.17) is 16.3 Å². The standard InChI is InChI=1S/C14H20ClN3O/c15-12-3-1-4-13-14(12)19-10-11(17-13)9-18-7-2-5-16-6-8-18/h1,3-4,11,16-17H,2,5-10H2. The lowest BCUT2D eigenvalue weighted by Gasteiger charge is -2.32. The van der Waals surface area contributed by atoms with Crippen molar-refractivity contribution in [1.29, 1.82) is 0 Å². The summed E-state index contributed by atoms with van der Waals surface area (Å²) in [6, 6.07) is 6.18. The Hall–Kier alpha value is -0.970. The molecule has 0 amide bonds. The van der Waals surface area contributed by atoms with Gasteiger partial charge in [-0.3, -0.25) is 4.90 Å². The first-order chi connectivity index (χ1) is 9.33. The third-order valence-electron chi connectivity index (χ3n) is 3.67. The SMILES string of the molecule is Clc1cccc2c1OCC(CN1CCCNCC1)N2. The molecule has 1 fully saturated rings. The summed E-state index contributed by atoms with van der Waals surface area (Å²) in [6.07, 6.45) is 1.22. The monoisotopic (exact) mass is 281 g/mol. The van der Waals surface area contributed by atoms with Crippen molar-refractivity contribution in [2.75, 3.05) is 44.6 Å². The molecular weight excluding hydrogens is 262 g/mol. The summed E-state index contributed by atoms with van der Waals surface area (Å²) in [5, 5.41) is 7.64. The number of para-hydroxylation sites is 1. The summed E-state index contributed by atoms with van der Waals surface area (Å²) in [4.78, 5) is 2.50. The summed E-state index contributed by atoms with van der Waals surface area (Å²) < 4.78 is 5.80. The molecule has 1 saturated heterocycles. The van der Waals surface area contributed by atoms with Crippen LogP contribution >= 0.6 is 11.6 Å². The lowest BCUT2D eigenvalue weighted by atomic mass is 10.2. The fourth-order valence-electron chi connectivity index (χ4n) is 2.71. The van der Waals surface area contributed by atoms with Crippen molar-refractivity contribution in [2.45, 2.75) is 12.5 Å². The normalized spacial score (nSPS) is 23.9. The van der Waals surface area contributed by atoms with Gasteiger partial charge in [-0.25, -0.2) is 0 Å². The number of rotatable bonds is 2. The number of nitrogens with one attached hydrogen (secondary N) is 2. The summed E-state index contributed by atoms with van der Waals surface area (Å²) in [7, 11) is 0. The Morgan fingerprint density at radius 1 is 1.32 bits per heavy atom. The zero-order valence-electron chi connectivity index (χ0n) is 11.0. The Morgan fingerprint density at radius 2 is 2.26 bits per heavy atom. The fraction of sp³-hybridized carbons (Fsp3) is 0.571. The quantitative estimate of drug-likeness (QED) is 0.867.